The summed E-state index contributed by atoms with van der Waals surface area (Å²) in [5.41, 5.74) is 8.21. The number of benzene rings is 1. The average Bonchev–Trinajstić information content (AvgIpc) is 2.45. The molecule has 6 nitrogen and oxygen atoms in total. The molecule has 2 aromatic rings. The SMILES string of the molecule is Cc1ccnc(NCc2ccc(CN)cc2)c1[N+](=O)[O-]. The number of aromatic nitrogens is 1. The van der Waals surface area contributed by atoms with Crippen molar-refractivity contribution in [2.24, 2.45) is 5.73 Å². The maximum absolute atomic E-state index is 11.0. The molecule has 0 saturated heterocycles. The highest BCUT2D eigenvalue weighted by atomic mass is 16.6. The van der Waals surface area contributed by atoms with Crippen molar-refractivity contribution in [3.8, 4) is 0 Å². The van der Waals surface area contributed by atoms with Gasteiger partial charge in [0.15, 0.2) is 0 Å². The lowest BCUT2D eigenvalue weighted by molar-refractivity contribution is -0.384. The monoisotopic (exact) mass is 272 g/mol. The fourth-order valence-electron chi connectivity index (χ4n) is 1.89. The van der Waals surface area contributed by atoms with E-state index in [2.05, 4.69) is 10.3 Å². The number of nitro groups is 1. The number of nitrogens with zero attached hydrogens (tertiary/aromatic N) is 2. The Labute approximate surface area is 116 Å². The van der Waals surface area contributed by atoms with Crippen molar-refractivity contribution < 1.29 is 4.92 Å². The normalized spacial score (nSPS) is 10.3. The molecule has 6 heteroatoms. The number of nitrogens with one attached hydrogen (secondary N) is 1. The molecule has 20 heavy (non-hydrogen) atoms. The van der Waals surface area contributed by atoms with Gasteiger partial charge in [-0.3, -0.25) is 10.1 Å². The molecule has 1 aromatic carbocycles. The second-order valence-electron chi connectivity index (χ2n) is 4.46. The van der Waals surface area contributed by atoms with Crippen LogP contribution in [0.3, 0.4) is 0 Å². The first-order valence-corrected chi connectivity index (χ1v) is 6.23. The van der Waals surface area contributed by atoms with Crippen molar-refractivity contribution >= 4 is 11.5 Å². The Balaban J connectivity index is 2.14. The summed E-state index contributed by atoms with van der Waals surface area (Å²) >= 11 is 0. The molecule has 0 bridgehead atoms. The number of hydrogen-bond acceptors (Lipinski definition) is 5. The van der Waals surface area contributed by atoms with E-state index in [1.54, 1.807) is 19.2 Å². The molecule has 0 radical (unpaired) electrons. The van der Waals surface area contributed by atoms with Crippen LogP contribution in [0.15, 0.2) is 36.5 Å². The predicted octanol–water partition coefficient (Wildman–Crippen LogP) is 2.37. The number of anilines is 1. The fraction of sp³-hybridized carbons (Fsp3) is 0.214. The third-order valence-corrected chi connectivity index (χ3v) is 3.03. The van der Waals surface area contributed by atoms with Gasteiger partial charge < -0.3 is 11.1 Å². The van der Waals surface area contributed by atoms with Crippen LogP contribution in [-0.4, -0.2) is 9.91 Å². The summed E-state index contributed by atoms with van der Waals surface area (Å²) in [4.78, 5) is 14.7. The van der Waals surface area contributed by atoms with Gasteiger partial charge >= 0.3 is 5.69 Å². The highest BCUT2D eigenvalue weighted by molar-refractivity contribution is 5.59. The van der Waals surface area contributed by atoms with E-state index in [0.29, 0.717) is 18.7 Å². The van der Waals surface area contributed by atoms with Gasteiger partial charge in [0.1, 0.15) is 0 Å². The first kappa shape index (κ1) is 14.0. The Bertz CT molecular complexity index is 611. The summed E-state index contributed by atoms with van der Waals surface area (Å²) in [5.74, 6) is 0.290. The molecular formula is C14H16N4O2. The molecule has 2 rings (SSSR count). The van der Waals surface area contributed by atoms with Crippen molar-refractivity contribution in [2.75, 3.05) is 5.32 Å². The maximum atomic E-state index is 11.0. The van der Waals surface area contributed by atoms with Crippen LogP contribution < -0.4 is 11.1 Å². The number of nitrogens with two attached hydrogens (primary N) is 1. The van der Waals surface area contributed by atoms with Gasteiger partial charge in [-0.2, -0.15) is 0 Å². The zero-order valence-electron chi connectivity index (χ0n) is 11.2. The van der Waals surface area contributed by atoms with Crippen molar-refractivity contribution in [3.05, 3.63) is 63.3 Å². The standard InChI is InChI=1S/C14H16N4O2/c1-10-6-7-16-14(13(10)18(19)20)17-9-12-4-2-11(8-15)3-5-12/h2-7H,8-9,15H2,1H3,(H,16,17). The number of rotatable bonds is 5. The quantitative estimate of drug-likeness (QED) is 0.643. The van der Waals surface area contributed by atoms with E-state index < -0.39 is 4.92 Å². The molecule has 0 aliphatic heterocycles. The lowest BCUT2D eigenvalue weighted by Crippen LogP contribution is -2.06. The van der Waals surface area contributed by atoms with Gasteiger partial charge in [-0.25, -0.2) is 4.98 Å². The zero-order valence-corrected chi connectivity index (χ0v) is 11.2. The first-order chi connectivity index (χ1) is 9.61. The molecule has 3 N–H and O–H groups in total. The molecular weight excluding hydrogens is 256 g/mol. The maximum Gasteiger partial charge on any atom is 0.314 e. The van der Waals surface area contributed by atoms with Crippen LogP contribution in [0, 0.1) is 17.0 Å². The van der Waals surface area contributed by atoms with Gasteiger partial charge in [0.25, 0.3) is 0 Å². The highest BCUT2D eigenvalue weighted by Crippen LogP contribution is 2.25. The van der Waals surface area contributed by atoms with Gasteiger partial charge in [-0.1, -0.05) is 24.3 Å². The van der Waals surface area contributed by atoms with Crippen LogP contribution in [-0.2, 0) is 13.1 Å². The van der Waals surface area contributed by atoms with E-state index in [-0.39, 0.29) is 11.5 Å². The van der Waals surface area contributed by atoms with Crippen LogP contribution in [0.25, 0.3) is 0 Å². The van der Waals surface area contributed by atoms with Crippen molar-refractivity contribution in [3.63, 3.8) is 0 Å². The van der Waals surface area contributed by atoms with Gasteiger partial charge in [0.2, 0.25) is 5.82 Å². The Kier molecular flexibility index (Phi) is 4.27. The average molecular weight is 272 g/mol. The minimum absolute atomic E-state index is 0.0195. The molecule has 0 aliphatic carbocycles. The molecule has 0 unspecified atom stereocenters. The Morgan fingerprint density at radius 1 is 1.25 bits per heavy atom. The predicted molar refractivity (Wildman–Crippen MR) is 77.3 cm³/mol. The summed E-state index contributed by atoms with van der Waals surface area (Å²) in [6.45, 7) is 2.67. The molecule has 0 amide bonds. The highest BCUT2D eigenvalue weighted by Gasteiger charge is 2.17. The number of aryl methyl sites for hydroxylation is 1. The largest absolute Gasteiger partial charge is 0.360 e. The number of hydrogen-bond donors (Lipinski definition) is 2. The molecule has 1 aromatic heterocycles. The van der Waals surface area contributed by atoms with Crippen molar-refractivity contribution in [1.82, 2.24) is 4.98 Å². The van der Waals surface area contributed by atoms with E-state index >= 15 is 0 Å². The lowest BCUT2D eigenvalue weighted by Gasteiger charge is -2.08. The minimum Gasteiger partial charge on any atom is -0.360 e. The summed E-state index contributed by atoms with van der Waals surface area (Å²) in [5, 5.41) is 14.1. The smallest absolute Gasteiger partial charge is 0.314 e. The summed E-state index contributed by atoms with van der Waals surface area (Å²) < 4.78 is 0. The molecule has 0 aliphatic rings. The van der Waals surface area contributed by atoms with E-state index in [9.17, 15) is 10.1 Å². The Morgan fingerprint density at radius 3 is 2.50 bits per heavy atom. The zero-order chi connectivity index (χ0) is 14.5. The van der Waals surface area contributed by atoms with Crippen molar-refractivity contribution in [2.45, 2.75) is 20.0 Å². The third kappa shape index (κ3) is 3.10. The number of pyridine rings is 1. The first-order valence-electron chi connectivity index (χ1n) is 6.23. The van der Waals surface area contributed by atoms with E-state index in [1.165, 1.54) is 0 Å². The molecule has 104 valence electrons. The van der Waals surface area contributed by atoms with Gasteiger partial charge in [-0.15, -0.1) is 0 Å². The van der Waals surface area contributed by atoms with Gasteiger partial charge in [-0.05, 0) is 24.1 Å². The molecule has 0 spiro atoms. The van der Waals surface area contributed by atoms with Crippen LogP contribution >= 0.6 is 0 Å². The van der Waals surface area contributed by atoms with Gasteiger partial charge in [0.05, 0.1) is 4.92 Å². The Morgan fingerprint density at radius 2 is 1.90 bits per heavy atom. The second-order valence-corrected chi connectivity index (χ2v) is 4.46. The second kappa shape index (κ2) is 6.12. The van der Waals surface area contributed by atoms with Crippen LogP contribution in [0.5, 0.6) is 0 Å². The van der Waals surface area contributed by atoms with Crippen LogP contribution in [0.2, 0.25) is 0 Å². The fourth-order valence-corrected chi connectivity index (χ4v) is 1.89. The van der Waals surface area contributed by atoms with E-state index in [4.69, 9.17) is 5.73 Å². The molecule has 0 atom stereocenters. The molecule has 0 saturated carbocycles. The topological polar surface area (TPSA) is 94.1 Å². The lowest BCUT2D eigenvalue weighted by atomic mass is 10.1. The van der Waals surface area contributed by atoms with Crippen molar-refractivity contribution in [1.29, 1.82) is 0 Å². The summed E-state index contributed by atoms with van der Waals surface area (Å²) in [6, 6.07) is 9.39. The van der Waals surface area contributed by atoms with Crippen LogP contribution in [0.4, 0.5) is 11.5 Å². The third-order valence-electron chi connectivity index (χ3n) is 3.03. The summed E-state index contributed by atoms with van der Waals surface area (Å²) in [7, 11) is 0. The molecule has 1 heterocycles. The van der Waals surface area contributed by atoms with E-state index in [0.717, 1.165) is 11.1 Å². The molecule has 0 fully saturated rings. The Hall–Kier alpha value is -2.47. The minimum atomic E-state index is -0.414. The van der Waals surface area contributed by atoms with Crippen LogP contribution in [0.1, 0.15) is 16.7 Å². The van der Waals surface area contributed by atoms with E-state index in [1.807, 2.05) is 24.3 Å². The summed E-state index contributed by atoms with van der Waals surface area (Å²) in [6.07, 6.45) is 1.56. The van der Waals surface area contributed by atoms with Gasteiger partial charge in [0, 0.05) is 24.8 Å².